The van der Waals surface area contributed by atoms with Gasteiger partial charge in [-0.3, -0.25) is 14.3 Å². The average Bonchev–Trinajstić information content (AvgIpc) is 2.95. The number of hydrogen-bond donors (Lipinski definition) is 1. The number of anilines is 1. The van der Waals surface area contributed by atoms with E-state index in [9.17, 15) is 14.4 Å². The largest absolute Gasteiger partial charge is 0.452 e. The number of carbonyl (C=O) groups is 2. The predicted octanol–water partition coefficient (Wildman–Crippen LogP) is 3.33. The van der Waals surface area contributed by atoms with Crippen LogP contribution in [0.25, 0.3) is 11.8 Å². The Kier molecular flexibility index (Phi) is 6.54. The SMILES string of the molecule is Cc1c(NC(=O)COC(=O)C=Cc2ccc(Cl)cc2)c(=O)n(-c2ccccc2)n1C. The van der Waals surface area contributed by atoms with E-state index >= 15 is 0 Å². The topological polar surface area (TPSA) is 82.3 Å². The summed E-state index contributed by atoms with van der Waals surface area (Å²) in [6.07, 6.45) is 2.77. The summed E-state index contributed by atoms with van der Waals surface area (Å²) < 4.78 is 8.04. The van der Waals surface area contributed by atoms with Gasteiger partial charge in [0.2, 0.25) is 0 Å². The normalized spacial score (nSPS) is 10.9. The molecule has 0 aliphatic heterocycles. The molecule has 0 atom stereocenters. The number of aromatic nitrogens is 2. The first-order chi connectivity index (χ1) is 14.4. The summed E-state index contributed by atoms with van der Waals surface area (Å²) in [5, 5.41) is 3.13. The van der Waals surface area contributed by atoms with Crippen LogP contribution < -0.4 is 10.9 Å². The summed E-state index contributed by atoms with van der Waals surface area (Å²) in [6, 6.07) is 16.0. The van der Waals surface area contributed by atoms with Crippen LogP contribution in [-0.4, -0.2) is 27.8 Å². The molecule has 0 radical (unpaired) electrons. The van der Waals surface area contributed by atoms with Crippen LogP contribution in [0.2, 0.25) is 5.02 Å². The van der Waals surface area contributed by atoms with E-state index in [1.165, 1.54) is 10.8 Å². The molecule has 3 aromatic rings. The average molecular weight is 426 g/mol. The molecule has 0 saturated heterocycles. The van der Waals surface area contributed by atoms with Crippen molar-refractivity contribution in [3.8, 4) is 5.69 Å². The highest BCUT2D eigenvalue weighted by molar-refractivity contribution is 6.30. The van der Waals surface area contributed by atoms with Crippen molar-refractivity contribution in [1.29, 1.82) is 0 Å². The van der Waals surface area contributed by atoms with E-state index in [1.54, 1.807) is 61.1 Å². The molecule has 2 aromatic carbocycles. The zero-order chi connectivity index (χ0) is 21.7. The van der Waals surface area contributed by atoms with Gasteiger partial charge in [0.05, 0.1) is 11.4 Å². The minimum absolute atomic E-state index is 0.138. The molecule has 0 unspecified atom stereocenters. The molecule has 0 fully saturated rings. The molecular formula is C22H20ClN3O4. The molecule has 0 aliphatic rings. The molecular weight excluding hydrogens is 406 g/mol. The highest BCUT2D eigenvalue weighted by atomic mass is 35.5. The molecule has 3 rings (SSSR count). The van der Waals surface area contributed by atoms with Crippen molar-refractivity contribution >= 4 is 35.2 Å². The summed E-state index contributed by atoms with van der Waals surface area (Å²) >= 11 is 5.81. The highest BCUT2D eigenvalue weighted by Crippen LogP contribution is 2.14. The molecule has 30 heavy (non-hydrogen) atoms. The van der Waals surface area contributed by atoms with Gasteiger partial charge in [0.25, 0.3) is 11.5 Å². The Bertz CT molecular complexity index is 1150. The zero-order valence-corrected chi connectivity index (χ0v) is 17.2. The molecule has 0 bridgehead atoms. The summed E-state index contributed by atoms with van der Waals surface area (Å²) in [4.78, 5) is 36.8. The lowest BCUT2D eigenvalue weighted by Gasteiger charge is -2.07. The van der Waals surface area contributed by atoms with Crippen molar-refractivity contribution in [2.24, 2.45) is 7.05 Å². The maximum atomic E-state index is 12.8. The monoisotopic (exact) mass is 425 g/mol. The molecule has 7 nitrogen and oxygen atoms in total. The van der Waals surface area contributed by atoms with Crippen LogP contribution in [0.3, 0.4) is 0 Å². The number of benzene rings is 2. The lowest BCUT2D eigenvalue weighted by molar-refractivity contribution is -0.142. The van der Waals surface area contributed by atoms with E-state index in [0.717, 1.165) is 5.56 Å². The minimum Gasteiger partial charge on any atom is -0.452 e. The Hall–Kier alpha value is -3.58. The number of nitrogens with zero attached hydrogens (tertiary/aromatic N) is 2. The number of ether oxygens (including phenoxy) is 1. The molecule has 154 valence electrons. The third-order valence-corrected chi connectivity index (χ3v) is 4.70. The summed E-state index contributed by atoms with van der Waals surface area (Å²) in [6.45, 7) is 1.21. The van der Waals surface area contributed by atoms with Gasteiger partial charge in [-0.2, -0.15) is 0 Å². The van der Waals surface area contributed by atoms with Crippen molar-refractivity contribution in [3.05, 3.63) is 87.3 Å². The van der Waals surface area contributed by atoms with Gasteiger partial charge in [0.1, 0.15) is 5.69 Å². The highest BCUT2D eigenvalue weighted by Gasteiger charge is 2.18. The van der Waals surface area contributed by atoms with Crippen LogP contribution in [0.15, 0.2) is 65.5 Å². The van der Waals surface area contributed by atoms with Gasteiger partial charge in [-0.1, -0.05) is 41.9 Å². The number of hydrogen-bond acceptors (Lipinski definition) is 4. The summed E-state index contributed by atoms with van der Waals surface area (Å²) in [7, 11) is 1.72. The Morgan fingerprint density at radius 3 is 2.43 bits per heavy atom. The second-order valence-corrected chi connectivity index (χ2v) is 6.91. The van der Waals surface area contributed by atoms with Crippen LogP contribution in [0.5, 0.6) is 0 Å². The maximum Gasteiger partial charge on any atom is 0.331 e. The number of nitrogens with one attached hydrogen (secondary N) is 1. The molecule has 8 heteroatoms. The standard InChI is InChI=1S/C22H20ClN3O4/c1-15-21(22(29)26(25(15)2)18-6-4-3-5-7-18)24-19(27)14-30-20(28)13-10-16-8-11-17(23)12-9-16/h3-13H,14H2,1-2H3,(H,24,27). The fraction of sp³-hybridized carbons (Fsp3) is 0.136. The lowest BCUT2D eigenvalue weighted by atomic mass is 10.2. The Labute approximate surface area is 178 Å². The number of rotatable bonds is 6. The maximum absolute atomic E-state index is 12.8. The fourth-order valence-corrected chi connectivity index (χ4v) is 2.94. The number of amides is 1. The molecule has 0 spiro atoms. The summed E-state index contributed by atoms with van der Waals surface area (Å²) in [5.74, 6) is -1.28. The van der Waals surface area contributed by atoms with E-state index < -0.39 is 18.5 Å². The first-order valence-electron chi connectivity index (χ1n) is 9.11. The molecule has 1 heterocycles. The second kappa shape index (κ2) is 9.28. The summed E-state index contributed by atoms with van der Waals surface area (Å²) in [5.41, 5.74) is 1.78. The molecule has 1 aromatic heterocycles. The molecule has 0 saturated carbocycles. The van der Waals surface area contributed by atoms with E-state index in [-0.39, 0.29) is 11.2 Å². The van der Waals surface area contributed by atoms with Gasteiger partial charge >= 0.3 is 5.97 Å². The lowest BCUT2D eigenvalue weighted by Crippen LogP contribution is -2.25. The van der Waals surface area contributed by atoms with E-state index in [0.29, 0.717) is 16.4 Å². The van der Waals surface area contributed by atoms with Crippen LogP contribution in [-0.2, 0) is 21.4 Å². The third-order valence-electron chi connectivity index (χ3n) is 4.45. The first kappa shape index (κ1) is 21.1. The molecule has 0 aliphatic carbocycles. The van der Waals surface area contributed by atoms with Crippen molar-refractivity contribution in [1.82, 2.24) is 9.36 Å². The van der Waals surface area contributed by atoms with Crippen LogP contribution in [0, 0.1) is 6.92 Å². The Morgan fingerprint density at radius 1 is 1.10 bits per heavy atom. The minimum atomic E-state index is -0.674. The van der Waals surface area contributed by atoms with Crippen LogP contribution in [0.4, 0.5) is 5.69 Å². The molecule has 1 amide bonds. The van der Waals surface area contributed by atoms with Gasteiger partial charge < -0.3 is 10.1 Å². The number of carbonyl (C=O) groups excluding carboxylic acids is 2. The molecule has 1 N–H and O–H groups in total. The van der Waals surface area contributed by atoms with E-state index in [2.05, 4.69) is 5.32 Å². The smallest absolute Gasteiger partial charge is 0.331 e. The van der Waals surface area contributed by atoms with Crippen molar-refractivity contribution in [2.75, 3.05) is 11.9 Å². The number of para-hydroxylation sites is 1. The van der Waals surface area contributed by atoms with Crippen LogP contribution >= 0.6 is 11.6 Å². The van der Waals surface area contributed by atoms with Crippen molar-refractivity contribution < 1.29 is 14.3 Å². The van der Waals surface area contributed by atoms with E-state index in [1.807, 2.05) is 18.2 Å². The van der Waals surface area contributed by atoms with Gasteiger partial charge in [-0.05, 0) is 42.8 Å². The predicted molar refractivity (Wildman–Crippen MR) is 116 cm³/mol. The van der Waals surface area contributed by atoms with Gasteiger partial charge in [0, 0.05) is 18.1 Å². The third kappa shape index (κ3) is 4.87. The first-order valence-corrected chi connectivity index (χ1v) is 9.49. The quantitative estimate of drug-likeness (QED) is 0.485. The van der Waals surface area contributed by atoms with Crippen molar-refractivity contribution in [2.45, 2.75) is 6.92 Å². The van der Waals surface area contributed by atoms with Crippen molar-refractivity contribution in [3.63, 3.8) is 0 Å². The van der Waals surface area contributed by atoms with Gasteiger partial charge in [0.15, 0.2) is 6.61 Å². The second-order valence-electron chi connectivity index (χ2n) is 6.48. The Balaban J connectivity index is 1.63. The Morgan fingerprint density at radius 2 is 1.77 bits per heavy atom. The fourth-order valence-electron chi connectivity index (χ4n) is 2.81. The number of esters is 1. The van der Waals surface area contributed by atoms with Gasteiger partial charge in [-0.25, -0.2) is 9.48 Å². The van der Waals surface area contributed by atoms with Crippen LogP contribution in [0.1, 0.15) is 11.3 Å². The number of halogens is 1. The van der Waals surface area contributed by atoms with E-state index in [4.69, 9.17) is 16.3 Å². The zero-order valence-electron chi connectivity index (χ0n) is 16.5. The van der Waals surface area contributed by atoms with Gasteiger partial charge in [-0.15, -0.1) is 0 Å².